The highest BCUT2D eigenvalue weighted by Gasteiger charge is 2.38. The fourth-order valence-electron chi connectivity index (χ4n) is 3.17. The van der Waals surface area contributed by atoms with Gasteiger partial charge in [0.2, 0.25) is 5.82 Å². The average molecular weight is 377 g/mol. The molecule has 3 aromatic rings. The summed E-state index contributed by atoms with van der Waals surface area (Å²) in [5.41, 5.74) is 1.30. The number of nitrogens with zero attached hydrogens (tertiary/aromatic N) is 5. The predicted molar refractivity (Wildman–Crippen MR) is 86.4 cm³/mol. The Bertz CT molecular complexity index is 934. The number of rotatable bonds is 2. The van der Waals surface area contributed by atoms with Crippen molar-refractivity contribution in [1.29, 1.82) is 0 Å². The van der Waals surface area contributed by atoms with Gasteiger partial charge in [0.15, 0.2) is 0 Å². The lowest BCUT2D eigenvalue weighted by Crippen LogP contribution is -2.33. The highest BCUT2D eigenvalue weighted by atomic mass is 19.4. The molecular formula is C17H14F3N5O2. The van der Waals surface area contributed by atoms with E-state index in [9.17, 15) is 18.0 Å². The Labute approximate surface area is 151 Å². The number of carbonyl (C=O) groups is 1. The van der Waals surface area contributed by atoms with Crippen molar-refractivity contribution in [2.24, 2.45) is 0 Å². The van der Waals surface area contributed by atoms with Gasteiger partial charge in [-0.2, -0.15) is 18.2 Å². The van der Waals surface area contributed by atoms with E-state index in [0.717, 1.165) is 18.4 Å². The quantitative estimate of drug-likeness (QED) is 0.680. The standard InChI is InChI=1S/C17H14F3N5O2/c18-17(19,20)15-22-14(23-27-15)12-5-3-11(4-6-12)13-2-1-8-25(13)16(26)24-9-7-21-10-24/h3-7,9-10,13H,1-2,8H2. The van der Waals surface area contributed by atoms with Crippen molar-refractivity contribution in [3.05, 3.63) is 54.4 Å². The number of imidazole rings is 1. The zero-order chi connectivity index (χ0) is 19.0. The summed E-state index contributed by atoms with van der Waals surface area (Å²) in [6.07, 6.45) is 1.58. The minimum absolute atomic E-state index is 0.107. The van der Waals surface area contributed by atoms with E-state index in [4.69, 9.17) is 0 Å². The van der Waals surface area contributed by atoms with Crippen LogP contribution in [-0.2, 0) is 6.18 Å². The van der Waals surface area contributed by atoms with E-state index >= 15 is 0 Å². The van der Waals surface area contributed by atoms with Crippen LogP contribution in [0.1, 0.15) is 30.3 Å². The summed E-state index contributed by atoms with van der Waals surface area (Å²) >= 11 is 0. The van der Waals surface area contributed by atoms with E-state index < -0.39 is 12.1 Å². The van der Waals surface area contributed by atoms with Gasteiger partial charge in [-0.3, -0.25) is 4.57 Å². The van der Waals surface area contributed by atoms with Crippen molar-refractivity contribution >= 4 is 6.03 Å². The maximum atomic E-state index is 12.6. The van der Waals surface area contributed by atoms with Gasteiger partial charge >= 0.3 is 18.1 Å². The number of likely N-dealkylation sites (tertiary alicyclic amines) is 1. The molecule has 0 aliphatic carbocycles. The molecule has 1 aliphatic rings. The van der Waals surface area contributed by atoms with Crippen molar-refractivity contribution in [2.45, 2.75) is 25.1 Å². The monoisotopic (exact) mass is 377 g/mol. The summed E-state index contributed by atoms with van der Waals surface area (Å²) < 4.78 is 43.4. The molecule has 0 spiro atoms. The van der Waals surface area contributed by atoms with Crippen molar-refractivity contribution in [3.8, 4) is 11.4 Å². The fourth-order valence-corrected chi connectivity index (χ4v) is 3.17. The number of hydrogen-bond acceptors (Lipinski definition) is 5. The van der Waals surface area contributed by atoms with Gasteiger partial charge in [0.05, 0.1) is 6.04 Å². The molecule has 1 fully saturated rings. The normalized spacial score (nSPS) is 17.4. The Kier molecular flexibility index (Phi) is 4.17. The minimum atomic E-state index is -4.68. The Hall–Kier alpha value is -3.17. The third-order valence-electron chi connectivity index (χ3n) is 4.45. The first-order valence-electron chi connectivity index (χ1n) is 8.23. The maximum Gasteiger partial charge on any atom is 0.471 e. The molecule has 7 nitrogen and oxygen atoms in total. The van der Waals surface area contributed by atoms with Gasteiger partial charge < -0.3 is 9.42 Å². The van der Waals surface area contributed by atoms with E-state index in [0.29, 0.717) is 12.1 Å². The Morgan fingerprint density at radius 3 is 2.63 bits per heavy atom. The number of benzene rings is 1. The van der Waals surface area contributed by atoms with Crippen LogP contribution in [0.2, 0.25) is 0 Å². The third-order valence-corrected chi connectivity index (χ3v) is 4.45. The van der Waals surface area contributed by atoms with Gasteiger partial charge in [-0.25, -0.2) is 9.78 Å². The first-order valence-corrected chi connectivity index (χ1v) is 8.23. The van der Waals surface area contributed by atoms with Crippen LogP contribution in [0, 0.1) is 0 Å². The number of hydrogen-bond donors (Lipinski definition) is 0. The van der Waals surface area contributed by atoms with Crippen molar-refractivity contribution in [1.82, 2.24) is 24.6 Å². The van der Waals surface area contributed by atoms with Crippen LogP contribution in [0.4, 0.5) is 18.0 Å². The van der Waals surface area contributed by atoms with E-state index in [1.54, 1.807) is 35.4 Å². The van der Waals surface area contributed by atoms with Crippen LogP contribution in [0.15, 0.2) is 47.5 Å². The molecule has 1 saturated heterocycles. The van der Waals surface area contributed by atoms with E-state index in [-0.39, 0.29) is 17.9 Å². The highest BCUT2D eigenvalue weighted by Crippen LogP contribution is 2.34. The van der Waals surface area contributed by atoms with Gasteiger partial charge in [0.25, 0.3) is 0 Å². The summed E-state index contributed by atoms with van der Waals surface area (Å²) in [7, 11) is 0. The number of aromatic nitrogens is 4. The number of alkyl halides is 3. The zero-order valence-electron chi connectivity index (χ0n) is 13.9. The van der Waals surface area contributed by atoms with E-state index in [2.05, 4.69) is 19.6 Å². The number of halogens is 3. The molecule has 1 unspecified atom stereocenters. The lowest BCUT2D eigenvalue weighted by Gasteiger charge is -2.25. The van der Waals surface area contributed by atoms with E-state index in [1.165, 1.54) is 17.1 Å². The molecule has 1 atom stereocenters. The molecule has 1 aliphatic heterocycles. The molecule has 4 rings (SSSR count). The van der Waals surface area contributed by atoms with Crippen LogP contribution in [0.3, 0.4) is 0 Å². The lowest BCUT2D eigenvalue weighted by atomic mass is 10.0. The smallest absolute Gasteiger partial charge is 0.329 e. The molecule has 27 heavy (non-hydrogen) atoms. The molecule has 1 aromatic carbocycles. The SMILES string of the molecule is O=C(N1CCCC1c1ccc(-c2noc(C(F)(F)F)n2)cc1)n1ccnc1. The molecule has 0 N–H and O–H groups in total. The van der Waals surface area contributed by atoms with Crippen molar-refractivity contribution in [3.63, 3.8) is 0 Å². The summed E-state index contributed by atoms with van der Waals surface area (Å²) in [5.74, 6) is -1.51. The molecule has 0 radical (unpaired) electrons. The number of amides is 1. The van der Waals surface area contributed by atoms with Crippen LogP contribution in [0.25, 0.3) is 11.4 Å². The second kappa shape index (κ2) is 6.53. The molecule has 2 aromatic heterocycles. The summed E-state index contributed by atoms with van der Waals surface area (Å²) in [4.78, 5) is 21.6. The second-order valence-corrected chi connectivity index (χ2v) is 6.15. The minimum Gasteiger partial charge on any atom is -0.329 e. The van der Waals surface area contributed by atoms with Crippen molar-refractivity contribution < 1.29 is 22.5 Å². The fraction of sp³-hybridized carbons (Fsp3) is 0.294. The van der Waals surface area contributed by atoms with Crippen LogP contribution in [0.5, 0.6) is 0 Å². The van der Waals surface area contributed by atoms with Gasteiger partial charge in [-0.15, -0.1) is 0 Å². The molecular weight excluding hydrogens is 363 g/mol. The molecule has 10 heteroatoms. The lowest BCUT2D eigenvalue weighted by molar-refractivity contribution is -0.159. The van der Waals surface area contributed by atoms with Gasteiger partial charge in [0.1, 0.15) is 6.33 Å². The molecule has 1 amide bonds. The Morgan fingerprint density at radius 1 is 1.22 bits per heavy atom. The molecule has 3 heterocycles. The topological polar surface area (TPSA) is 77.0 Å². The van der Waals surface area contributed by atoms with Crippen molar-refractivity contribution in [2.75, 3.05) is 6.54 Å². The summed E-state index contributed by atoms with van der Waals surface area (Å²) in [5, 5.41) is 3.38. The first-order chi connectivity index (χ1) is 12.9. The second-order valence-electron chi connectivity index (χ2n) is 6.15. The molecule has 140 valence electrons. The third kappa shape index (κ3) is 3.29. The largest absolute Gasteiger partial charge is 0.471 e. The van der Waals surface area contributed by atoms with Crippen LogP contribution >= 0.6 is 0 Å². The highest BCUT2D eigenvalue weighted by molar-refractivity contribution is 5.77. The summed E-state index contributed by atoms with van der Waals surface area (Å²) in [6, 6.07) is 6.51. The predicted octanol–water partition coefficient (Wildman–Crippen LogP) is 3.76. The zero-order valence-corrected chi connectivity index (χ0v) is 13.9. The van der Waals surface area contributed by atoms with E-state index in [1.807, 2.05) is 0 Å². The number of carbonyl (C=O) groups excluding carboxylic acids is 1. The van der Waals surface area contributed by atoms with Gasteiger partial charge in [-0.05, 0) is 18.4 Å². The summed E-state index contributed by atoms with van der Waals surface area (Å²) in [6.45, 7) is 0.628. The van der Waals surface area contributed by atoms with Crippen LogP contribution in [-0.4, -0.2) is 37.2 Å². The first kappa shape index (κ1) is 17.3. The maximum absolute atomic E-state index is 12.6. The molecule has 0 bridgehead atoms. The molecule has 0 saturated carbocycles. The van der Waals surface area contributed by atoms with Gasteiger partial charge in [-0.1, -0.05) is 29.4 Å². The average Bonchev–Trinajstić information content (AvgIpc) is 3.42. The Morgan fingerprint density at radius 2 is 2.00 bits per heavy atom. The Balaban J connectivity index is 1.55. The van der Waals surface area contributed by atoms with Crippen LogP contribution < -0.4 is 0 Å². The van der Waals surface area contributed by atoms with Gasteiger partial charge in [0, 0.05) is 24.5 Å².